The predicted molar refractivity (Wildman–Crippen MR) is 69.2 cm³/mol. The highest BCUT2D eigenvalue weighted by Crippen LogP contribution is 2.30. The van der Waals surface area contributed by atoms with Crippen LogP contribution in [0.15, 0.2) is 18.2 Å². The van der Waals surface area contributed by atoms with E-state index in [9.17, 15) is 0 Å². The molecule has 90 valence electrons. The number of hydrogen-bond donors (Lipinski definition) is 1. The standard InChI is InChI=1S/C13H20ClNO/c1-3-11(4-2)16-13-10(8-9-15)6-5-7-12(13)14/h5-7,11H,3-4,8-9,15H2,1-2H3. The number of nitrogens with two attached hydrogens (primary N) is 1. The summed E-state index contributed by atoms with van der Waals surface area (Å²) in [6.45, 7) is 4.85. The van der Waals surface area contributed by atoms with E-state index < -0.39 is 0 Å². The largest absolute Gasteiger partial charge is 0.489 e. The number of halogens is 1. The first-order chi connectivity index (χ1) is 7.72. The van der Waals surface area contributed by atoms with E-state index in [1.54, 1.807) is 0 Å². The maximum Gasteiger partial charge on any atom is 0.141 e. The van der Waals surface area contributed by atoms with Crippen molar-refractivity contribution in [2.45, 2.75) is 39.2 Å². The van der Waals surface area contributed by atoms with Gasteiger partial charge in [0, 0.05) is 0 Å². The van der Waals surface area contributed by atoms with Gasteiger partial charge in [0.2, 0.25) is 0 Å². The van der Waals surface area contributed by atoms with E-state index in [0.717, 1.165) is 30.6 Å². The van der Waals surface area contributed by atoms with E-state index in [2.05, 4.69) is 13.8 Å². The maximum absolute atomic E-state index is 6.16. The lowest BCUT2D eigenvalue weighted by molar-refractivity contribution is 0.191. The molecule has 0 unspecified atom stereocenters. The molecule has 0 aliphatic rings. The zero-order chi connectivity index (χ0) is 12.0. The van der Waals surface area contributed by atoms with Gasteiger partial charge in [-0.15, -0.1) is 0 Å². The number of rotatable bonds is 6. The molecular weight excluding hydrogens is 222 g/mol. The van der Waals surface area contributed by atoms with Gasteiger partial charge in [-0.3, -0.25) is 0 Å². The summed E-state index contributed by atoms with van der Waals surface area (Å²) in [6.07, 6.45) is 3.01. The Labute approximate surface area is 103 Å². The third-order valence-corrected chi connectivity index (χ3v) is 2.96. The molecular formula is C13H20ClNO. The monoisotopic (exact) mass is 241 g/mol. The van der Waals surface area contributed by atoms with Gasteiger partial charge in [-0.05, 0) is 37.4 Å². The van der Waals surface area contributed by atoms with Crippen LogP contribution in [0, 0.1) is 0 Å². The molecule has 1 rings (SSSR count). The Balaban J connectivity index is 2.91. The van der Waals surface area contributed by atoms with Gasteiger partial charge in [0.25, 0.3) is 0 Å². The van der Waals surface area contributed by atoms with Crippen LogP contribution in [0.4, 0.5) is 0 Å². The van der Waals surface area contributed by atoms with Crippen LogP contribution in [0.2, 0.25) is 5.02 Å². The van der Waals surface area contributed by atoms with Crippen molar-refractivity contribution in [3.63, 3.8) is 0 Å². The molecule has 0 fully saturated rings. The lowest BCUT2D eigenvalue weighted by atomic mass is 10.1. The maximum atomic E-state index is 6.16. The highest BCUT2D eigenvalue weighted by molar-refractivity contribution is 6.32. The first-order valence-corrected chi connectivity index (χ1v) is 6.24. The molecule has 0 aromatic heterocycles. The lowest BCUT2D eigenvalue weighted by Gasteiger charge is -2.19. The van der Waals surface area contributed by atoms with Crippen molar-refractivity contribution in [1.82, 2.24) is 0 Å². The molecule has 0 heterocycles. The number of ether oxygens (including phenoxy) is 1. The second-order valence-electron chi connectivity index (χ2n) is 3.82. The summed E-state index contributed by atoms with van der Waals surface area (Å²) < 4.78 is 5.94. The summed E-state index contributed by atoms with van der Waals surface area (Å²) >= 11 is 6.16. The normalized spacial score (nSPS) is 10.8. The van der Waals surface area contributed by atoms with Crippen molar-refractivity contribution in [2.24, 2.45) is 5.73 Å². The number of para-hydroxylation sites is 1. The van der Waals surface area contributed by atoms with Crippen molar-refractivity contribution < 1.29 is 4.74 Å². The highest BCUT2D eigenvalue weighted by atomic mass is 35.5. The first kappa shape index (κ1) is 13.3. The van der Waals surface area contributed by atoms with E-state index in [-0.39, 0.29) is 6.10 Å². The van der Waals surface area contributed by atoms with E-state index in [4.69, 9.17) is 22.1 Å². The second-order valence-corrected chi connectivity index (χ2v) is 4.23. The van der Waals surface area contributed by atoms with Crippen molar-refractivity contribution in [3.05, 3.63) is 28.8 Å². The molecule has 2 nitrogen and oxygen atoms in total. The topological polar surface area (TPSA) is 35.2 Å². The minimum absolute atomic E-state index is 0.233. The zero-order valence-electron chi connectivity index (χ0n) is 10.0. The van der Waals surface area contributed by atoms with Crippen LogP contribution in [0.3, 0.4) is 0 Å². The van der Waals surface area contributed by atoms with Crippen molar-refractivity contribution >= 4 is 11.6 Å². The van der Waals surface area contributed by atoms with Gasteiger partial charge in [-0.1, -0.05) is 37.6 Å². The van der Waals surface area contributed by atoms with Crippen LogP contribution in [-0.4, -0.2) is 12.6 Å². The van der Waals surface area contributed by atoms with Gasteiger partial charge in [-0.2, -0.15) is 0 Å². The molecule has 0 atom stereocenters. The molecule has 0 bridgehead atoms. The van der Waals surface area contributed by atoms with Crippen molar-refractivity contribution in [1.29, 1.82) is 0 Å². The molecule has 0 spiro atoms. The minimum Gasteiger partial charge on any atom is -0.489 e. The van der Waals surface area contributed by atoms with Crippen LogP contribution in [0.1, 0.15) is 32.3 Å². The summed E-state index contributed by atoms with van der Waals surface area (Å²) in [5, 5.41) is 0.679. The van der Waals surface area contributed by atoms with Gasteiger partial charge >= 0.3 is 0 Å². The third kappa shape index (κ3) is 3.39. The summed E-state index contributed by atoms with van der Waals surface area (Å²) in [5.74, 6) is 0.809. The predicted octanol–water partition coefficient (Wildman–Crippen LogP) is 3.41. The smallest absolute Gasteiger partial charge is 0.141 e. The Morgan fingerprint density at radius 3 is 2.56 bits per heavy atom. The second kappa shape index (κ2) is 6.77. The summed E-state index contributed by atoms with van der Waals surface area (Å²) in [5.41, 5.74) is 6.68. The average molecular weight is 242 g/mol. The fourth-order valence-corrected chi connectivity index (χ4v) is 1.90. The Kier molecular flexibility index (Phi) is 5.64. The Morgan fingerprint density at radius 2 is 2.00 bits per heavy atom. The lowest BCUT2D eigenvalue weighted by Crippen LogP contribution is -2.15. The number of benzene rings is 1. The zero-order valence-corrected chi connectivity index (χ0v) is 10.8. The molecule has 3 heteroatoms. The fourth-order valence-electron chi connectivity index (χ4n) is 1.66. The van der Waals surface area contributed by atoms with Crippen LogP contribution in [0.5, 0.6) is 5.75 Å². The summed E-state index contributed by atoms with van der Waals surface area (Å²) in [6, 6.07) is 5.82. The van der Waals surface area contributed by atoms with E-state index in [0.29, 0.717) is 11.6 Å². The average Bonchev–Trinajstić information content (AvgIpc) is 2.29. The Morgan fingerprint density at radius 1 is 1.31 bits per heavy atom. The van der Waals surface area contributed by atoms with E-state index in [1.165, 1.54) is 0 Å². The van der Waals surface area contributed by atoms with Crippen molar-refractivity contribution in [2.75, 3.05) is 6.54 Å². The molecule has 0 aliphatic carbocycles. The van der Waals surface area contributed by atoms with Crippen molar-refractivity contribution in [3.8, 4) is 5.75 Å². The Bertz CT molecular complexity index is 324. The highest BCUT2D eigenvalue weighted by Gasteiger charge is 2.12. The Hall–Kier alpha value is -0.730. The van der Waals surface area contributed by atoms with Gasteiger partial charge in [0.15, 0.2) is 0 Å². The molecule has 0 saturated heterocycles. The van der Waals surface area contributed by atoms with Crippen LogP contribution in [-0.2, 0) is 6.42 Å². The van der Waals surface area contributed by atoms with Crippen LogP contribution < -0.4 is 10.5 Å². The minimum atomic E-state index is 0.233. The molecule has 0 aliphatic heterocycles. The summed E-state index contributed by atoms with van der Waals surface area (Å²) in [7, 11) is 0. The molecule has 0 radical (unpaired) electrons. The van der Waals surface area contributed by atoms with Crippen LogP contribution >= 0.6 is 11.6 Å². The quantitative estimate of drug-likeness (QED) is 0.829. The van der Waals surface area contributed by atoms with Crippen LogP contribution in [0.25, 0.3) is 0 Å². The fraction of sp³-hybridized carbons (Fsp3) is 0.538. The van der Waals surface area contributed by atoms with Gasteiger partial charge in [0.1, 0.15) is 5.75 Å². The molecule has 1 aromatic carbocycles. The number of hydrogen-bond acceptors (Lipinski definition) is 2. The molecule has 1 aromatic rings. The first-order valence-electron chi connectivity index (χ1n) is 5.87. The summed E-state index contributed by atoms with van der Waals surface area (Å²) in [4.78, 5) is 0. The molecule has 16 heavy (non-hydrogen) atoms. The molecule has 0 amide bonds. The SMILES string of the molecule is CCC(CC)Oc1c(Cl)cccc1CCN. The van der Waals surface area contributed by atoms with Gasteiger partial charge in [-0.25, -0.2) is 0 Å². The van der Waals surface area contributed by atoms with E-state index >= 15 is 0 Å². The van der Waals surface area contributed by atoms with E-state index in [1.807, 2.05) is 18.2 Å². The molecule has 2 N–H and O–H groups in total. The molecule has 0 saturated carbocycles. The third-order valence-electron chi connectivity index (χ3n) is 2.66. The van der Waals surface area contributed by atoms with Gasteiger partial charge in [0.05, 0.1) is 11.1 Å². The van der Waals surface area contributed by atoms with Gasteiger partial charge < -0.3 is 10.5 Å².